The molecule has 2 amide bonds. The van der Waals surface area contributed by atoms with Gasteiger partial charge >= 0.3 is 6.09 Å². The van der Waals surface area contributed by atoms with Crippen molar-refractivity contribution in [1.29, 1.82) is 0 Å². The normalized spacial score (nSPS) is 21.2. The molecule has 6 nitrogen and oxygen atoms in total. The number of carbonyl (C=O) groups is 2. The molecular weight excluding hydrogens is 349 g/mol. The molecule has 0 heterocycles. The van der Waals surface area contributed by atoms with E-state index in [1.165, 1.54) is 18.2 Å². The van der Waals surface area contributed by atoms with Crippen LogP contribution in [0, 0.1) is 17.7 Å². The van der Waals surface area contributed by atoms with E-state index < -0.39 is 29.5 Å². The summed E-state index contributed by atoms with van der Waals surface area (Å²) in [5.74, 6) is -0.428. The third-order valence-corrected chi connectivity index (χ3v) is 4.80. The number of carbonyl (C=O) groups excluding carboxylic acids is 2. The predicted molar refractivity (Wildman–Crippen MR) is 104 cm³/mol. The van der Waals surface area contributed by atoms with Gasteiger partial charge in [0.15, 0.2) is 0 Å². The summed E-state index contributed by atoms with van der Waals surface area (Å²) in [5, 5.41) is 5.36. The molecule has 27 heavy (non-hydrogen) atoms. The maximum atomic E-state index is 13.7. The Morgan fingerprint density at radius 3 is 2.44 bits per heavy atom. The van der Waals surface area contributed by atoms with Crippen LogP contribution in [-0.4, -0.2) is 23.6 Å². The van der Waals surface area contributed by atoms with Crippen LogP contribution in [0.2, 0.25) is 0 Å². The zero-order valence-electron chi connectivity index (χ0n) is 16.5. The van der Waals surface area contributed by atoms with Crippen LogP contribution in [0.5, 0.6) is 0 Å². The molecule has 1 saturated carbocycles. The molecule has 1 unspecified atom stereocenters. The first-order valence-electron chi connectivity index (χ1n) is 9.41. The molecule has 7 heteroatoms. The van der Waals surface area contributed by atoms with Crippen LogP contribution in [0.15, 0.2) is 18.2 Å². The molecule has 0 saturated heterocycles. The summed E-state index contributed by atoms with van der Waals surface area (Å²) in [4.78, 5) is 25.2. The number of amides is 2. The summed E-state index contributed by atoms with van der Waals surface area (Å²) in [6, 6.07) is 3.46. The third-order valence-electron chi connectivity index (χ3n) is 4.80. The number of nitrogen functional groups attached to an aromatic ring is 1. The highest BCUT2D eigenvalue weighted by atomic mass is 19.1. The Balaban J connectivity index is 2.16. The Labute approximate surface area is 160 Å². The summed E-state index contributed by atoms with van der Waals surface area (Å²) in [7, 11) is 0. The van der Waals surface area contributed by atoms with Crippen molar-refractivity contribution in [3.63, 3.8) is 0 Å². The van der Waals surface area contributed by atoms with Crippen molar-refractivity contribution in [2.75, 3.05) is 11.1 Å². The van der Waals surface area contributed by atoms with Crippen LogP contribution in [-0.2, 0) is 9.53 Å². The fourth-order valence-corrected chi connectivity index (χ4v) is 3.31. The first-order chi connectivity index (χ1) is 12.6. The van der Waals surface area contributed by atoms with Gasteiger partial charge in [0, 0.05) is 0 Å². The number of alkyl carbamates (subject to hydrolysis) is 1. The topological polar surface area (TPSA) is 93.4 Å². The number of para-hydroxylation sites is 1. The van der Waals surface area contributed by atoms with Crippen LogP contribution in [0.1, 0.15) is 53.4 Å². The molecule has 150 valence electrons. The maximum absolute atomic E-state index is 13.7. The van der Waals surface area contributed by atoms with E-state index in [9.17, 15) is 14.0 Å². The summed E-state index contributed by atoms with van der Waals surface area (Å²) < 4.78 is 19.0. The van der Waals surface area contributed by atoms with Crippen LogP contribution >= 0.6 is 0 Å². The monoisotopic (exact) mass is 379 g/mol. The highest BCUT2D eigenvalue weighted by Crippen LogP contribution is 2.31. The Morgan fingerprint density at radius 2 is 1.85 bits per heavy atom. The van der Waals surface area contributed by atoms with Gasteiger partial charge in [-0.1, -0.05) is 25.8 Å². The van der Waals surface area contributed by atoms with Crippen molar-refractivity contribution in [1.82, 2.24) is 5.32 Å². The van der Waals surface area contributed by atoms with Gasteiger partial charge < -0.3 is 21.1 Å². The summed E-state index contributed by atoms with van der Waals surface area (Å²) in [6.07, 6.45) is 2.99. The van der Waals surface area contributed by atoms with Crippen molar-refractivity contribution in [2.24, 2.45) is 11.8 Å². The van der Waals surface area contributed by atoms with Gasteiger partial charge in [0.2, 0.25) is 5.91 Å². The molecule has 1 atom stereocenters. The minimum Gasteiger partial charge on any atom is -0.444 e. The van der Waals surface area contributed by atoms with E-state index in [1.54, 1.807) is 20.8 Å². The lowest BCUT2D eigenvalue weighted by atomic mass is 9.79. The van der Waals surface area contributed by atoms with Gasteiger partial charge in [-0.15, -0.1) is 0 Å². The molecule has 4 N–H and O–H groups in total. The maximum Gasteiger partial charge on any atom is 0.408 e. The van der Waals surface area contributed by atoms with Gasteiger partial charge in [-0.2, -0.15) is 0 Å². The van der Waals surface area contributed by atoms with Gasteiger partial charge in [-0.3, -0.25) is 4.79 Å². The van der Waals surface area contributed by atoms with E-state index >= 15 is 0 Å². The number of nitrogens with two attached hydrogens (primary N) is 1. The highest BCUT2D eigenvalue weighted by Gasteiger charge is 2.34. The molecule has 1 fully saturated rings. The number of rotatable bonds is 4. The van der Waals surface area contributed by atoms with E-state index in [1.807, 2.05) is 0 Å². The molecule has 0 aliphatic heterocycles. The molecule has 1 aromatic rings. The largest absolute Gasteiger partial charge is 0.444 e. The minimum absolute atomic E-state index is 0.0106. The van der Waals surface area contributed by atoms with Crippen LogP contribution < -0.4 is 16.4 Å². The number of hydrogen-bond acceptors (Lipinski definition) is 4. The quantitative estimate of drug-likeness (QED) is 0.688. The first-order valence-corrected chi connectivity index (χ1v) is 9.41. The fourth-order valence-electron chi connectivity index (χ4n) is 3.31. The van der Waals surface area contributed by atoms with Crippen molar-refractivity contribution in [3.05, 3.63) is 24.0 Å². The van der Waals surface area contributed by atoms with Gasteiger partial charge in [-0.25, -0.2) is 9.18 Å². The van der Waals surface area contributed by atoms with Gasteiger partial charge in [-0.05, 0) is 57.6 Å². The number of halogens is 1. The molecule has 1 aromatic carbocycles. The van der Waals surface area contributed by atoms with E-state index in [4.69, 9.17) is 10.5 Å². The minimum atomic E-state index is -0.769. The van der Waals surface area contributed by atoms with Gasteiger partial charge in [0.05, 0.1) is 11.4 Å². The lowest BCUT2D eigenvalue weighted by molar-refractivity contribution is -0.119. The standard InChI is InChI=1S/C20H30FN3O3/c1-12-8-10-13(11-9-12)17(24-19(26)27-20(2,3)4)18(25)23-15-7-5-6-14(21)16(15)22/h5-7,12-13,17H,8-11,22H2,1-4H3,(H,23,25)(H,24,26). The van der Waals surface area contributed by atoms with E-state index in [2.05, 4.69) is 17.6 Å². The number of nitrogens with one attached hydrogen (secondary N) is 2. The Kier molecular flexibility index (Phi) is 6.68. The second-order valence-corrected chi connectivity index (χ2v) is 8.33. The van der Waals surface area contributed by atoms with E-state index in [0.717, 1.165) is 25.7 Å². The fraction of sp³-hybridized carbons (Fsp3) is 0.600. The Bertz CT molecular complexity index is 680. The van der Waals surface area contributed by atoms with Crippen LogP contribution in [0.25, 0.3) is 0 Å². The predicted octanol–water partition coefficient (Wildman–Crippen LogP) is 4.07. The number of ether oxygens (including phenoxy) is 1. The van der Waals surface area contributed by atoms with Crippen molar-refractivity contribution in [2.45, 2.75) is 65.0 Å². The van der Waals surface area contributed by atoms with E-state index in [-0.39, 0.29) is 17.3 Å². The molecule has 0 radical (unpaired) electrons. The first kappa shape index (κ1) is 21.0. The second kappa shape index (κ2) is 8.59. The number of hydrogen-bond donors (Lipinski definition) is 3. The van der Waals surface area contributed by atoms with Crippen molar-refractivity contribution >= 4 is 23.4 Å². The van der Waals surface area contributed by atoms with Crippen LogP contribution in [0.3, 0.4) is 0 Å². The van der Waals surface area contributed by atoms with Crippen molar-refractivity contribution in [3.8, 4) is 0 Å². The Morgan fingerprint density at radius 1 is 1.22 bits per heavy atom. The zero-order chi connectivity index (χ0) is 20.2. The smallest absolute Gasteiger partial charge is 0.408 e. The molecule has 0 aromatic heterocycles. The van der Waals surface area contributed by atoms with Crippen molar-refractivity contribution < 1.29 is 18.7 Å². The number of anilines is 2. The molecule has 1 aliphatic carbocycles. The second-order valence-electron chi connectivity index (χ2n) is 8.33. The summed E-state index contributed by atoms with van der Waals surface area (Å²) in [5.41, 5.74) is 5.11. The third kappa shape index (κ3) is 6.12. The average Bonchev–Trinajstić information content (AvgIpc) is 2.56. The average molecular weight is 379 g/mol. The summed E-state index contributed by atoms with van der Waals surface area (Å²) >= 11 is 0. The molecular formula is C20H30FN3O3. The SMILES string of the molecule is CC1CCC(C(NC(=O)OC(C)(C)C)C(=O)Nc2cccc(F)c2N)CC1. The number of benzene rings is 1. The van der Waals surface area contributed by atoms with Gasteiger partial charge in [0.25, 0.3) is 0 Å². The lowest BCUT2D eigenvalue weighted by Crippen LogP contribution is -2.50. The lowest BCUT2D eigenvalue weighted by Gasteiger charge is -2.33. The Hall–Kier alpha value is -2.31. The molecule has 0 bridgehead atoms. The molecule has 2 rings (SSSR count). The highest BCUT2D eigenvalue weighted by molar-refractivity contribution is 5.99. The molecule has 0 spiro atoms. The van der Waals surface area contributed by atoms with Gasteiger partial charge in [0.1, 0.15) is 17.5 Å². The molecule has 1 aliphatic rings. The van der Waals surface area contributed by atoms with Crippen LogP contribution in [0.4, 0.5) is 20.6 Å². The zero-order valence-corrected chi connectivity index (χ0v) is 16.5. The summed E-state index contributed by atoms with van der Waals surface area (Å²) in [6.45, 7) is 7.46. The van der Waals surface area contributed by atoms with E-state index in [0.29, 0.717) is 5.92 Å².